The standard InChI is InChI=1S/C7H16O5Si/c1-10-13(11-2,12-3)6-4-5-7(8)9/h4-6H2,1-3H3,(H,8,9)/i5D2. The summed E-state index contributed by atoms with van der Waals surface area (Å²) in [6.07, 6.45) is -2.49. The quantitative estimate of drug-likeness (QED) is 0.627. The molecule has 0 saturated heterocycles. The molecule has 6 heteroatoms. The van der Waals surface area contributed by atoms with Crippen molar-refractivity contribution in [3.05, 3.63) is 0 Å². The second-order valence-corrected chi connectivity index (χ2v) is 5.37. The van der Waals surface area contributed by atoms with E-state index >= 15 is 0 Å². The average molecular weight is 210 g/mol. The molecule has 0 aliphatic heterocycles. The summed E-state index contributed by atoms with van der Waals surface area (Å²) < 4.78 is 29.6. The van der Waals surface area contributed by atoms with Crippen LogP contribution < -0.4 is 0 Å². The van der Waals surface area contributed by atoms with Crippen LogP contribution in [0, 0.1) is 0 Å². The summed E-state index contributed by atoms with van der Waals surface area (Å²) in [4.78, 5) is 10.5. The van der Waals surface area contributed by atoms with E-state index < -0.39 is 21.1 Å². The molecule has 5 nitrogen and oxygen atoms in total. The van der Waals surface area contributed by atoms with Gasteiger partial charge in [0.05, 0.1) is 0 Å². The fourth-order valence-electron chi connectivity index (χ4n) is 0.879. The maximum absolute atomic E-state index is 10.5. The number of rotatable bonds is 7. The normalized spacial score (nSPS) is 15.0. The fraction of sp³-hybridized carbons (Fsp3) is 0.857. The van der Waals surface area contributed by atoms with E-state index in [4.69, 9.17) is 21.1 Å². The minimum Gasteiger partial charge on any atom is -0.481 e. The first-order valence-corrected chi connectivity index (χ1v) is 5.65. The topological polar surface area (TPSA) is 65.0 Å². The molecule has 0 radical (unpaired) electrons. The van der Waals surface area contributed by atoms with E-state index in [1.54, 1.807) is 0 Å². The minimum absolute atomic E-state index is 0.121. The van der Waals surface area contributed by atoms with Gasteiger partial charge in [-0.1, -0.05) is 0 Å². The Morgan fingerprint density at radius 2 is 1.85 bits per heavy atom. The molecule has 0 aromatic heterocycles. The van der Waals surface area contributed by atoms with Crippen molar-refractivity contribution in [2.24, 2.45) is 0 Å². The molecule has 1 N–H and O–H groups in total. The van der Waals surface area contributed by atoms with Crippen LogP contribution in [0.15, 0.2) is 0 Å². The minimum atomic E-state index is -2.88. The summed E-state index contributed by atoms with van der Waals surface area (Å²) in [5, 5.41) is 8.57. The highest BCUT2D eigenvalue weighted by molar-refractivity contribution is 6.60. The largest absolute Gasteiger partial charge is 0.500 e. The second kappa shape index (κ2) is 6.09. The van der Waals surface area contributed by atoms with Crippen LogP contribution in [0.5, 0.6) is 0 Å². The number of carboxylic acids is 1. The van der Waals surface area contributed by atoms with Gasteiger partial charge < -0.3 is 18.4 Å². The van der Waals surface area contributed by atoms with Gasteiger partial charge in [-0.15, -0.1) is 0 Å². The van der Waals surface area contributed by atoms with Crippen LogP contribution in [-0.2, 0) is 18.1 Å². The lowest BCUT2D eigenvalue weighted by Crippen LogP contribution is -2.42. The lowest BCUT2D eigenvalue weighted by atomic mass is 10.3. The van der Waals surface area contributed by atoms with Gasteiger partial charge in [-0.05, 0) is 6.42 Å². The molecular weight excluding hydrogens is 192 g/mol. The zero-order chi connectivity index (χ0) is 12.1. The van der Waals surface area contributed by atoms with Crippen molar-refractivity contribution in [1.29, 1.82) is 0 Å². The van der Waals surface area contributed by atoms with Crippen molar-refractivity contribution in [2.45, 2.75) is 18.8 Å². The Morgan fingerprint density at radius 3 is 2.15 bits per heavy atom. The molecule has 0 saturated carbocycles. The lowest BCUT2D eigenvalue weighted by Gasteiger charge is -2.23. The van der Waals surface area contributed by atoms with Crippen LogP contribution in [0.4, 0.5) is 0 Å². The maximum Gasteiger partial charge on any atom is 0.500 e. The van der Waals surface area contributed by atoms with Crippen molar-refractivity contribution < 1.29 is 25.9 Å². The van der Waals surface area contributed by atoms with E-state index in [1.165, 1.54) is 21.3 Å². The van der Waals surface area contributed by atoms with Crippen molar-refractivity contribution in [3.8, 4) is 0 Å². The Bertz CT molecular complexity index is 211. The van der Waals surface area contributed by atoms with Crippen LogP contribution in [0.2, 0.25) is 6.04 Å². The van der Waals surface area contributed by atoms with Crippen molar-refractivity contribution in [3.63, 3.8) is 0 Å². The predicted molar refractivity (Wildman–Crippen MR) is 48.5 cm³/mol. The first kappa shape index (κ1) is 9.13. The molecule has 0 aliphatic carbocycles. The first-order valence-electron chi connectivity index (χ1n) is 4.72. The molecule has 0 heterocycles. The van der Waals surface area contributed by atoms with E-state index in [9.17, 15) is 4.79 Å². The van der Waals surface area contributed by atoms with Crippen molar-refractivity contribution in [1.82, 2.24) is 0 Å². The summed E-state index contributed by atoms with van der Waals surface area (Å²) in [7, 11) is 1.32. The van der Waals surface area contributed by atoms with Gasteiger partial charge in [0.1, 0.15) is 0 Å². The average Bonchev–Trinajstić information content (AvgIpc) is 2.20. The molecule has 0 fully saturated rings. The molecule has 0 aromatic rings. The van der Waals surface area contributed by atoms with E-state index in [-0.39, 0.29) is 12.5 Å². The van der Waals surface area contributed by atoms with Crippen LogP contribution in [0.3, 0.4) is 0 Å². The number of hydrogen-bond acceptors (Lipinski definition) is 4. The molecule has 0 unspecified atom stereocenters. The predicted octanol–water partition coefficient (Wildman–Crippen LogP) is 0.729. The van der Waals surface area contributed by atoms with Gasteiger partial charge in [-0.3, -0.25) is 4.79 Å². The van der Waals surface area contributed by atoms with Gasteiger partial charge in [0.15, 0.2) is 0 Å². The molecule has 0 bridgehead atoms. The monoisotopic (exact) mass is 210 g/mol. The lowest BCUT2D eigenvalue weighted by molar-refractivity contribution is -0.137. The molecule has 78 valence electrons. The third-order valence-corrected chi connectivity index (χ3v) is 4.37. The fourth-order valence-corrected chi connectivity index (χ4v) is 2.42. The number of aliphatic carboxylic acids is 1. The van der Waals surface area contributed by atoms with E-state index in [2.05, 4.69) is 0 Å². The van der Waals surface area contributed by atoms with E-state index in [1.807, 2.05) is 0 Å². The van der Waals surface area contributed by atoms with Gasteiger partial charge in [0.2, 0.25) is 0 Å². The summed E-state index contributed by atoms with van der Waals surface area (Å²) in [6, 6.07) is 0.121. The highest BCUT2D eigenvalue weighted by Crippen LogP contribution is 2.15. The number of carboxylic acid groups (broad SMARTS) is 1. The van der Waals surface area contributed by atoms with Gasteiger partial charge in [-0.2, -0.15) is 0 Å². The van der Waals surface area contributed by atoms with Gasteiger partial charge in [0, 0.05) is 36.5 Å². The molecular formula is C7H16O5Si. The van der Waals surface area contributed by atoms with E-state index in [0.717, 1.165) is 0 Å². The molecule has 0 aliphatic rings. The summed E-state index contributed by atoms with van der Waals surface area (Å²) in [6.45, 7) is 0. The Hall–Kier alpha value is -0.433. The third kappa shape index (κ3) is 4.37. The molecule has 13 heavy (non-hydrogen) atoms. The second-order valence-electron chi connectivity index (χ2n) is 2.28. The number of carbonyl (C=O) groups is 1. The first-order chi connectivity index (χ1) is 6.83. The van der Waals surface area contributed by atoms with Crippen LogP contribution in [-0.4, -0.2) is 41.2 Å². The van der Waals surface area contributed by atoms with Crippen LogP contribution in [0.1, 0.15) is 15.5 Å². The van der Waals surface area contributed by atoms with Crippen LogP contribution in [0.25, 0.3) is 0 Å². The summed E-state index contributed by atoms with van der Waals surface area (Å²) in [5.41, 5.74) is 0. The molecule has 0 rings (SSSR count). The van der Waals surface area contributed by atoms with Gasteiger partial charge in [-0.25, -0.2) is 0 Å². The molecule has 0 aromatic carbocycles. The zero-order valence-electron chi connectivity index (χ0n) is 9.99. The smallest absolute Gasteiger partial charge is 0.481 e. The summed E-state index contributed by atoms with van der Waals surface area (Å²) >= 11 is 0. The van der Waals surface area contributed by atoms with E-state index in [0.29, 0.717) is 0 Å². The Kier molecular flexibility index (Phi) is 4.28. The van der Waals surface area contributed by atoms with Gasteiger partial charge in [0.25, 0.3) is 0 Å². The number of hydrogen-bond donors (Lipinski definition) is 1. The highest BCUT2D eigenvalue weighted by atomic mass is 28.4. The Balaban J connectivity index is 4.40. The Morgan fingerprint density at radius 1 is 1.38 bits per heavy atom. The molecule has 0 amide bonds. The highest BCUT2D eigenvalue weighted by Gasteiger charge is 2.36. The summed E-state index contributed by atoms with van der Waals surface area (Å²) in [5.74, 6) is -1.49. The SMILES string of the molecule is [2H]C([2H])(CC[Si](OC)(OC)OC)C(=O)O. The van der Waals surface area contributed by atoms with Gasteiger partial charge >= 0.3 is 14.8 Å². The van der Waals surface area contributed by atoms with Crippen molar-refractivity contribution in [2.75, 3.05) is 21.3 Å². The van der Waals surface area contributed by atoms with Crippen LogP contribution >= 0.6 is 0 Å². The zero-order valence-corrected chi connectivity index (χ0v) is 8.99. The molecule has 0 spiro atoms. The Labute approximate surface area is 81.8 Å². The third-order valence-electron chi connectivity index (χ3n) is 1.64. The van der Waals surface area contributed by atoms with Crippen molar-refractivity contribution >= 4 is 14.8 Å². The molecule has 0 atom stereocenters. The maximum atomic E-state index is 10.5.